The van der Waals surface area contributed by atoms with E-state index in [9.17, 15) is 14.8 Å². The van der Waals surface area contributed by atoms with Gasteiger partial charge in [0.05, 0.1) is 12.0 Å². The molecular formula is C12H23BN2O4S. The van der Waals surface area contributed by atoms with E-state index in [1.54, 1.807) is 32.6 Å². The summed E-state index contributed by atoms with van der Waals surface area (Å²) in [6, 6.07) is -0.404. The Balaban J connectivity index is 2.57. The van der Waals surface area contributed by atoms with Crippen LogP contribution in [-0.2, 0) is 4.74 Å². The third kappa shape index (κ3) is 4.92. The summed E-state index contributed by atoms with van der Waals surface area (Å²) < 4.78 is 5.17. The summed E-state index contributed by atoms with van der Waals surface area (Å²) in [5.74, 6) is -0.398. The molecule has 8 heteroatoms. The minimum Gasteiger partial charge on any atom is -0.444 e. The lowest BCUT2D eigenvalue weighted by Gasteiger charge is -2.30. The van der Waals surface area contributed by atoms with Gasteiger partial charge in [-0.25, -0.2) is 4.79 Å². The minimum atomic E-state index is -1.43. The molecule has 0 saturated carbocycles. The summed E-state index contributed by atoms with van der Waals surface area (Å²) >= 11 is 5.33. The fourth-order valence-corrected chi connectivity index (χ4v) is 2.46. The molecule has 1 rings (SSSR count). The minimum absolute atomic E-state index is 0.398. The molecule has 114 valence electrons. The number of hydrogen-bond acceptors (Lipinski definition) is 5. The van der Waals surface area contributed by atoms with E-state index in [4.69, 9.17) is 17.0 Å². The first-order valence-electron chi connectivity index (χ1n) is 6.78. The van der Waals surface area contributed by atoms with Gasteiger partial charge in [0.15, 0.2) is 0 Å². The van der Waals surface area contributed by atoms with Crippen molar-refractivity contribution in [3.8, 4) is 0 Å². The van der Waals surface area contributed by atoms with Crippen molar-refractivity contribution < 1.29 is 19.6 Å². The third-order valence-corrected chi connectivity index (χ3v) is 3.62. The number of hydrogen-bond donors (Lipinski definition) is 3. The fraction of sp³-hybridized carbons (Fsp3) is 0.833. The van der Waals surface area contributed by atoms with Crippen molar-refractivity contribution in [2.24, 2.45) is 0 Å². The molecule has 1 fully saturated rings. The SMILES string of the molecule is C[C@H](NC(=O)OC(C)(C)C)C(=S)N1CCC[C@H]1B(O)O. The van der Waals surface area contributed by atoms with Crippen LogP contribution in [-0.4, -0.2) is 57.3 Å². The number of carbonyl (C=O) groups excluding carboxylic acids is 1. The van der Waals surface area contributed by atoms with Crippen LogP contribution in [0.25, 0.3) is 0 Å². The van der Waals surface area contributed by atoms with E-state index >= 15 is 0 Å². The topological polar surface area (TPSA) is 82.0 Å². The van der Waals surface area contributed by atoms with Crippen LogP contribution in [0, 0.1) is 0 Å². The summed E-state index contributed by atoms with van der Waals surface area (Å²) in [6.45, 7) is 7.78. The van der Waals surface area contributed by atoms with Crippen LogP contribution in [0.2, 0.25) is 0 Å². The van der Waals surface area contributed by atoms with Gasteiger partial charge in [-0.15, -0.1) is 0 Å². The van der Waals surface area contributed by atoms with Crippen molar-refractivity contribution in [2.75, 3.05) is 6.54 Å². The molecule has 2 atom stereocenters. The first-order valence-corrected chi connectivity index (χ1v) is 7.19. The van der Waals surface area contributed by atoms with Crippen LogP contribution in [0.15, 0.2) is 0 Å². The summed E-state index contributed by atoms with van der Waals surface area (Å²) in [6.07, 6.45) is 0.992. The highest BCUT2D eigenvalue weighted by molar-refractivity contribution is 7.80. The number of rotatable bonds is 3. The Morgan fingerprint density at radius 1 is 1.50 bits per heavy atom. The largest absolute Gasteiger partial charge is 0.475 e. The molecule has 0 radical (unpaired) electrons. The molecule has 0 aliphatic carbocycles. The smallest absolute Gasteiger partial charge is 0.444 e. The molecule has 0 aromatic carbocycles. The molecule has 1 amide bonds. The number of nitrogens with zero attached hydrogens (tertiary/aromatic N) is 1. The van der Waals surface area contributed by atoms with Gasteiger partial charge in [-0.1, -0.05) is 12.2 Å². The van der Waals surface area contributed by atoms with Gasteiger partial charge in [-0.05, 0) is 40.5 Å². The van der Waals surface area contributed by atoms with E-state index in [0.29, 0.717) is 18.0 Å². The molecule has 0 aromatic heterocycles. The van der Waals surface area contributed by atoms with Crippen LogP contribution < -0.4 is 5.32 Å². The van der Waals surface area contributed by atoms with Crippen molar-refractivity contribution in [2.45, 2.75) is 58.1 Å². The summed E-state index contributed by atoms with van der Waals surface area (Å²) in [5.41, 5.74) is -0.567. The predicted octanol–water partition coefficient (Wildman–Crippen LogP) is 0.703. The Bertz CT molecular complexity index is 373. The van der Waals surface area contributed by atoms with Gasteiger partial charge in [0.25, 0.3) is 0 Å². The van der Waals surface area contributed by atoms with Crippen molar-refractivity contribution in [3.63, 3.8) is 0 Å². The van der Waals surface area contributed by atoms with Gasteiger partial charge in [-0.3, -0.25) is 0 Å². The molecule has 3 N–H and O–H groups in total. The van der Waals surface area contributed by atoms with E-state index in [-0.39, 0.29) is 0 Å². The fourth-order valence-electron chi connectivity index (χ4n) is 2.17. The third-order valence-electron chi connectivity index (χ3n) is 3.03. The number of amides is 1. The molecule has 0 aromatic rings. The number of ether oxygens (including phenoxy) is 1. The van der Waals surface area contributed by atoms with Crippen LogP contribution in [0.5, 0.6) is 0 Å². The van der Waals surface area contributed by atoms with E-state index in [1.807, 2.05) is 0 Å². The first-order chi connectivity index (χ1) is 9.11. The highest BCUT2D eigenvalue weighted by Gasteiger charge is 2.36. The molecule has 20 heavy (non-hydrogen) atoms. The maximum Gasteiger partial charge on any atom is 0.475 e. The van der Waals surface area contributed by atoms with Crippen molar-refractivity contribution in [3.05, 3.63) is 0 Å². The average molecular weight is 302 g/mol. The highest BCUT2D eigenvalue weighted by Crippen LogP contribution is 2.20. The second-order valence-corrected chi connectivity index (χ2v) is 6.44. The Kier molecular flexibility index (Phi) is 5.79. The van der Waals surface area contributed by atoms with Gasteiger partial charge >= 0.3 is 13.2 Å². The maximum absolute atomic E-state index is 11.7. The zero-order chi connectivity index (χ0) is 15.5. The van der Waals surface area contributed by atoms with E-state index in [0.717, 1.165) is 6.42 Å². The van der Waals surface area contributed by atoms with Gasteiger partial charge in [0.1, 0.15) is 10.6 Å². The van der Waals surface area contributed by atoms with Crippen LogP contribution in [0.3, 0.4) is 0 Å². The predicted molar refractivity (Wildman–Crippen MR) is 81.3 cm³/mol. The lowest BCUT2D eigenvalue weighted by Crippen LogP contribution is -2.52. The monoisotopic (exact) mass is 302 g/mol. The molecule has 1 aliphatic heterocycles. The van der Waals surface area contributed by atoms with E-state index in [2.05, 4.69) is 5.32 Å². The van der Waals surface area contributed by atoms with Crippen LogP contribution >= 0.6 is 12.2 Å². The Hall–Kier alpha value is -0.855. The zero-order valence-corrected chi connectivity index (χ0v) is 13.2. The van der Waals surface area contributed by atoms with Gasteiger partial charge in [0, 0.05) is 6.54 Å². The van der Waals surface area contributed by atoms with E-state index < -0.39 is 30.8 Å². The summed E-state index contributed by atoms with van der Waals surface area (Å²) in [5, 5.41) is 21.3. The molecule has 1 saturated heterocycles. The van der Waals surface area contributed by atoms with Crippen molar-refractivity contribution >= 4 is 30.4 Å². The highest BCUT2D eigenvalue weighted by atomic mass is 32.1. The lowest BCUT2D eigenvalue weighted by atomic mass is 9.78. The number of nitrogens with one attached hydrogen (secondary N) is 1. The number of alkyl carbamates (subject to hydrolysis) is 1. The Morgan fingerprint density at radius 3 is 2.60 bits per heavy atom. The number of carbonyl (C=O) groups is 1. The Morgan fingerprint density at radius 2 is 2.10 bits per heavy atom. The standard InChI is InChI=1S/C12H23BN2O4S/c1-8(14-11(16)19-12(2,3)4)10(20)15-7-5-6-9(15)13(17)18/h8-9,17-18H,5-7H2,1-4H3,(H,14,16)/t8-,9-/m0/s1. The molecule has 1 heterocycles. The quantitative estimate of drug-likeness (QED) is 0.526. The van der Waals surface area contributed by atoms with Crippen molar-refractivity contribution in [1.82, 2.24) is 10.2 Å². The molecule has 6 nitrogen and oxygen atoms in total. The van der Waals surface area contributed by atoms with E-state index in [1.165, 1.54) is 0 Å². The van der Waals surface area contributed by atoms with Crippen LogP contribution in [0.4, 0.5) is 4.79 Å². The summed E-state index contributed by atoms with van der Waals surface area (Å²) in [7, 11) is -1.43. The average Bonchev–Trinajstić information content (AvgIpc) is 2.73. The molecule has 0 spiro atoms. The molecule has 0 unspecified atom stereocenters. The van der Waals surface area contributed by atoms with Gasteiger partial charge in [-0.2, -0.15) is 0 Å². The van der Waals surface area contributed by atoms with Crippen molar-refractivity contribution in [1.29, 1.82) is 0 Å². The van der Waals surface area contributed by atoms with Gasteiger partial charge in [0.2, 0.25) is 0 Å². The van der Waals surface area contributed by atoms with Gasteiger partial charge < -0.3 is 25.0 Å². The second-order valence-electron chi connectivity index (χ2n) is 6.02. The summed E-state index contributed by atoms with van der Waals surface area (Å²) in [4.78, 5) is 14.0. The molecule has 1 aliphatic rings. The zero-order valence-electron chi connectivity index (χ0n) is 12.4. The number of thiocarbonyl (C=S) groups is 1. The normalized spacial score (nSPS) is 20.5. The molecular weight excluding hydrogens is 279 g/mol. The van der Waals surface area contributed by atoms with Crippen LogP contribution in [0.1, 0.15) is 40.5 Å². The second kappa shape index (κ2) is 6.73. The Labute approximate surface area is 125 Å². The maximum atomic E-state index is 11.7. The lowest BCUT2D eigenvalue weighted by molar-refractivity contribution is 0.0519. The molecule has 0 bridgehead atoms. The number of likely N-dealkylation sites (tertiary alicyclic amines) is 1. The first kappa shape index (κ1) is 17.2.